The lowest BCUT2D eigenvalue weighted by molar-refractivity contribution is -0.123. The summed E-state index contributed by atoms with van der Waals surface area (Å²) in [5, 5.41) is 2.55. The quantitative estimate of drug-likeness (QED) is 0.711. The second kappa shape index (κ2) is 8.15. The highest BCUT2D eigenvalue weighted by Gasteiger charge is 2.21. The Morgan fingerprint density at radius 3 is 2.27 bits per heavy atom. The fourth-order valence-electron chi connectivity index (χ4n) is 2.01. The molecule has 2 N–H and O–H groups in total. The smallest absolute Gasteiger partial charge is 0.374 e. The van der Waals surface area contributed by atoms with E-state index in [0.29, 0.717) is 5.69 Å². The topological polar surface area (TPSA) is 115 Å². The lowest BCUT2D eigenvalue weighted by Crippen LogP contribution is -2.30. The molecule has 2 rings (SSSR count). The van der Waals surface area contributed by atoms with Crippen LogP contribution in [0.25, 0.3) is 0 Å². The zero-order valence-electron chi connectivity index (χ0n) is 14.6. The fourth-order valence-corrected chi connectivity index (χ4v) is 3.26. The van der Waals surface area contributed by atoms with Gasteiger partial charge in [0.1, 0.15) is 0 Å². The van der Waals surface area contributed by atoms with Crippen molar-refractivity contribution in [2.75, 3.05) is 5.32 Å². The maximum atomic E-state index is 12.1. The number of ether oxygens (including phenoxy) is 1. The number of hydrogen-bond donors (Lipinski definition) is 2. The molecule has 0 saturated heterocycles. The molecule has 1 unspecified atom stereocenters. The van der Waals surface area contributed by atoms with Crippen LogP contribution in [0.3, 0.4) is 0 Å². The number of carbonyl (C=O) groups excluding carboxylic acids is 2. The second-order valence-corrected chi connectivity index (χ2v) is 7.53. The summed E-state index contributed by atoms with van der Waals surface area (Å²) in [6.45, 7) is 4.86. The third-order valence-electron chi connectivity index (χ3n) is 3.20. The minimum absolute atomic E-state index is 0.00291. The molecule has 1 atom stereocenters. The maximum Gasteiger partial charge on any atom is 0.374 e. The third-order valence-corrected chi connectivity index (χ3v) is 4.87. The lowest BCUT2D eigenvalue weighted by Gasteiger charge is -2.13. The average molecular weight is 380 g/mol. The first-order valence-electron chi connectivity index (χ1n) is 7.87. The van der Waals surface area contributed by atoms with Gasteiger partial charge in [-0.3, -0.25) is 4.79 Å². The van der Waals surface area contributed by atoms with Crippen molar-refractivity contribution in [3.05, 3.63) is 48.4 Å². The Labute approximate surface area is 151 Å². The van der Waals surface area contributed by atoms with Crippen molar-refractivity contribution in [2.45, 2.75) is 37.8 Å². The highest BCUT2D eigenvalue weighted by molar-refractivity contribution is 7.89. The van der Waals surface area contributed by atoms with E-state index >= 15 is 0 Å². The van der Waals surface area contributed by atoms with Crippen LogP contribution in [0.4, 0.5) is 5.69 Å². The summed E-state index contributed by atoms with van der Waals surface area (Å²) in [5.41, 5.74) is 0.374. The summed E-state index contributed by atoms with van der Waals surface area (Å²) >= 11 is 0. The van der Waals surface area contributed by atoms with Gasteiger partial charge >= 0.3 is 5.97 Å². The molecule has 8 nitrogen and oxygen atoms in total. The molecule has 1 aromatic heterocycles. The predicted octanol–water partition coefficient (Wildman–Crippen LogP) is 2.15. The monoisotopic (exact) mass is 380 g/mol. The molecule has 0 aliphatic heterocycles. The molecule has 0 aliphatic rings. The molecule has 1 aromatic carbocycles. The van der Waals surface area contributed by atoms with Crippen LogP contribution in [-0.2, 0) is 19.6 Å². The summed E-state index contributed by atoms with van der Waals surface area (Å²) in [7, 11) is -3.60. The molecule has 0 spiro atoms. The standard InChI is InChI=1S/C17H20N2O6S/c1-11(2)19-26(22,23)14-8-6-13(7-9-14)18-16(20)12(3)25-17(21)15-5-4-10-24-15/h4-12,19H,1-3H3,(H,18,20). The minimum atomic E-state index is -3.60. The normalized spacial score (nSPS) is 12.6. The van der Waals surface area contributed by atoms with Crippen LogP contribution in [-0.4, -0.2) is 32.4 Å². The lowest BCUT2D eigenvalue weighted by atomic mass is 10.3. The van der Waals surface area contributed by atoms with Crippen LogP contribution < -0.4 is 10.0 Å². The van der Waals surface area contributed by atoms with Crippen molar-refractivity contribution in [1.82, 2.24) is 4.72 Å². The van der Waals surface area contributed by atoms with Crippen LogP contribution in [0.15, 0.2) is 52.0 Å². The first kappa shape index (κ1) is 19.7. The Balaban J connectivity index is 1.97. The maximum absolute atomic E-state index is 12.1. The van der Waals surface area contributed by atoms with Gasteiger partial charge in [-0.05, 0) is 57.2 Å². The van der Waals surface area contributed by atoms with E-state index in [9.17, 15) is 18.0 Å². The molecule has 1 amide bonds. The third kappa shape index (κ3) is 5.17. The Morgan fingerprint density at radius 1 is 1.08 bits per heavy atom. The molecular weight excluding hydrogens is 360 g/mol. The summed E-state index contributed by atoms with van der Waals surface area (Å²) in [6.07, 6.45) is 0.268. The molecule has 2 aromatic rings. The van der Waals surface area contributed by atoms with Gasteiger partial charge in [-0.1, -0.05) is 0 Å². The van der Waals surface area contributed by atoms with Crippen molar-refractivity contribution in [3.8, 4) is 0 Å². The summed E-state index contributed by atoms with van der Waals surface area (Å²) in [5.74, 6) is -1.31. The highest BCUT2D eigenvalue weighted by Crippen LogP contribution is 2.15. The SMILES string of the molecule is CC(C)NS(=O)(=O)c1ccc(NC(=O)C(C)OC(=O)c2ccco2)cc1. The Bertz CT molecular complexity index is 857. The Morgan fingerprint density at radius 2 is 1.73 bits per heavy atom. The van der Waals surface area contributed by atoms with E-state index in [1.165, 1.54) is 49.6 Å². The molecule has 0 radical (unpaired) electrons. The first-order chi connectivity index (χ1) is 12.2. The molecule has 1 heterocycles. The summed E-state index contributed by atoms with van der Waals surface area (Å²) < 4.78 is 36.5. The van der Waals surface area contributed by atoms with Crippen molar-refractivity contribution >= 4 is 27.6 Å². The van der Waals surface area contributed by atoms with Crippen molar-refractivity contribution in [3.63, 3.8) is 0 Å². The van der Waals surface area contributed by atoms with E-state index < -0.39 is 28.0 Å². The van der Waals surface area contributed by atoms with Gasteiger partial charge in [0.2, 0.25) is 15.8 Å². The molecule has 0 aliphatic carbocycles. The van der Waals surface area contributed by atoms with Crippen LogP contribution in [0.1, 0.15) is 31.3 Å². The molecule has 0 saturated carbocycles. The van der Waals surface area contributed by atoms with Gasteiger partial charge in [-0.25, -0.2) is 17.9 Å². The summed E-state index contributed by atoms with van der Waals surface area (Å²) in [6, 6.07) is 8.38. The molecule has 0 fully saturated rings. The minimum Gasteiger partial charge on any atom is -0.457 e. The van der Waals surface area contributed by atoms with Gasteiger partial charge in [0.15, 0.2) is 6.10 Å². The van der Waals surface area contributed by atoms with Gasteiger partial charge < -0.3 is 14.5 Å². The van der Waals surface area contributed by atoms with Gasteiger partial charge in [0.05, 0.1) is 11.2 Å². The second-order valence-electron chi connectivity index (χ2n) is 5.81. The van der Waals surface area contributed by atoms with Crippen LogP contribution in [0.5, 0.6) is 0 Å². The number of benzene rings is 1. The van der Waals surface area contributed by atoms with Crippen LogP contribution in [0, 0.1) is 0 Å². The first-order valence-corrected chi connectivity index (χ1v) is 9.35. The number of rotatable bonds is 7. The van der Waals surface area contributed by atoms with E-state index in [4.69, 9.17) is 9.15 Å². The van der Waals surface area contributed by atoms with E-state index in [0.717, 1.165) is 0 Å². The number of furan rings is 1. The number of sulfonamides is 1. The molecular formula is C17H20N2O6S. The van der Waals surface area contributed by atoms with Crippen LogP contribution >= 0.6 is 0 Å². The predicted molar refractivity (Wildman–Crippen MR) is 94.1 cm³/mol. The van der Waals surface area contributed by atoms with Gasteiger partial charge in [-0.2, -0.15) is 0 Å². The molecule has 26 heavy (non-hydrogen) atoms. The van der Waals surface area contributed by atoms with E-state index in [1.54, 1.807) is 13.8 Å². The number of nitrogens with one attached hydrogen (secondary N) is 2. The van der Waals surface area contributed by atoms with Crippen molar-refractivity contribution < 1.29 is 27.2 Å². The number of anilines is 1. The van der Waals surface area contributed by atoms with Crippen molar-refractivity contribution in [2.24, 2.45) is 0 Å². The summed E-state index contributed by atoms with van der Waals surface area (Å²) in [4.78, 5) is 23.9. The number of hydrogen-bond acceptors (Lipinski definition) is 6. The average Bonchev–Trinajstić information content (AvgIpc) is 3.08. The zero-order valence-corrected chi connectivity index (χ0v) is 15.4. The molecule has 0 bridgehead atoms. The zero-order chi connectivity index (χ0) is 19.3. The Hall–Kier alpha value is -2.65. The van der Waals surface area contributed by atoms with Gasteiger partial charge in [0, 0.05) is 11.7 Å². The molecule has 9 heteroatoms. The number of amides is 1. The fraction of sp³-hybridized carbons (Fsp3) is 0.294. The Kier molecular flexibility index (Phi) is 6.17. The highest BCUT2D eigenvalue weighted by atomic mass is 32.2. The number of carbonyl (C=O) groups is 2. The number of esters is 1. The van der Waals surface area contributed by atoms with Crippen LogP contribution in [0.2, 0.25) is 0 Å². The van der Waals surface area contributed by atoms with E-state index in [1.807, 2.05) is 0 Å². The van der Waals surface area contributed by atoms with E-state index in [2.05, 4.69) is 10.0 Å². The largest absolute Gasteiger partial charge is 0.457 e. The molecule has 140 valence electrons. The van der Waals surface area contributed by atoms with Gasteiger partial charge in [-0.15, -0.1) is 0 Å². The van der Waals surface area contributed by atoms with E-state index in [-0.39, 0.29) is 16.7 Å². The van der Waals surface area contributed by atoms with Crippen molar-refractivity contribution in [1.29, 1.82) is 0 Å². The van der Waals surface area contributed by atoms with Gasteiger partial charge in [0.25, 0.3) is 5.91 Å².